The van der Waals surface area contributed by atoms with Crippen molar-refractivity contribution >= 4 is 0 Å². The van der Waals surface area contributed by atoms with Gasteiger partial charge in [0.25, 0.3) is 0 Å². The van der Waals surface area contributed by atoms with Gasteiger partial charge in [-0.2, -0.15) is 0 Å². The monoisotopic (exact) mass is 205 g/mol. The summed E-state index contributed by atoms with van der Waals surface area (Å²) in [6.07, 6.45) is 3.09. The van der Waals surface area contributed by atoms with E-state index < -0.39 is 0 Å². The lowest BCUT2D eigenvalue weighted by molar-refractivity contribution is 0.249. The summed E-state index contributed by atoms with van der Waals surface area (Å²) in [5.74, 6) is 0.677. The maximum Gasteiger partial charge on any atom is 0.0572 e. The number of pyridine rings is 1. The van der Waals surface area contributed by atoms with Gasteiger partial charge in [0.2, 0.25) is 0 Å². The predicted octanol–water partition coefficient (Wildman–Crippen LogP) is 1.42. The summed E-state index contributed by atoms with van der Waals surface area (Å²) < 4.78 is 0. The van der Waals surface area contributed by atoms with Gasteiger partial charge in [-0.15, -0.1) is 0 Å². The van der Waals surface area contributed by atoms with Crippen LogP contribution in [0.4, 0.5) is 0 Å². The van der Waals surface area contributed by atoms with Crippen molar-refractivity contribution in [1.29, 1.82) is 0 Å². The van der Waals surface area contributed by atoms with Gasteiger partial charge in [-0.1, -0.05) is 6.07 Å². The first-order chi connectivity index (χ1) is 7.31. The van der Waals surface area contributed by atoms with Gasteiger partial charge in [-0.3, -0.25) is 9.88 Å². The van der Waals surface area contributed by atoms with Crippen molar-refractivity contribution in [2.75, 3.05) is 19.6 Å². The standard InChI is InChI=1S/C12H19N3/c1-10(12-4-2-3-6-14-12)15-7-5-11(8-13)9-15/h2-4,6,10-11H,5,7-9,13H2,1H3/t10-,11-/m0/s1. The maximum absolute atomic E-state index is 5.69. The number of likely N-dealkylation sites (tertiary alicyclic amines) is 1. The van der Waals surface area contributed by atoms with Gasteiger partial charge in [-0.25, -0.2) is 0 Å². The number of hydrogen-bond acceptors (Lipinski definition) is 3. The van der Waals surface area contributed by atoms with Gasteiger partial charge >= 0.3 is 0 Å². The second-order valence-electron chi connectivity index (χ2n) is 4.32. The number of nitrogens with two attached hydrogens (primary N) is 1. The van der Waals surface area contributed by atoms with Crippen molar-refractivity contribution in [3.05, 3.63) is 30.1 Å². The SMILES string of the molecule is C[C@@H](c1ccccn1)N1CC[C@@H](CN)C1. The Labute approximate surface area is 91.3 Å². The van der Waals surface area contributed by atoms with E-state index in [9.17, 15) is 0 Å². The molecule has 2 rings (SSSR count). The minimum absolute atomic E-state index is 0.419. The smallest absolute Gasteiger partial charge is 0.0572 e. The average molecular weight is 205 g/mol. The molecule has 2 heterocycles. The molecule has 0 unspecified atom stereocenters. The normalized spacial score (nSPS) is 24.3. The second-order valence-corrected chi connectivity index (χ2v) is 4.32. The number of hydrogen-bond donors (Lipinski definition) is 1. The molecular weight excluding hydrogens is 186 g/mol. The first-order valence-electron chi connectivity index (χ1n) is 5.66. The molecule has 2 N–H and O–H groups in total. The van der Waals surface area contributed by atoms with Crippen LogP contribution < -0.4 is 5.73 Å². The van der Waals surface area contributed by atoms with E-state index >= 15 is 0 Å². The van der Waals surface area contributed by atoms with Crippen molar-refractivity contribution in [1.82, 2.24) is 9.88 Å². The molecule has 0 aromatic carbocycles. The zero-order chi connectivity index (χ0) is 10.7. The summed E-state index contributed by atoms with van der Waals surface area (Å²) >= 11 is 0. The summed E-state index contributed by atoms with van der Waals surface area (Å²) in [5, 5.41) is 0. The third-order valence-corrected chi connectivity index (χ3v) is 3.31. The molecule has 1 saturated heterocycles. The third-order valence-electron chi connectivity index (χ3n) is 3.31. The molecule has 0 aliphatic carbocycles. The van der Waals surface area contributed by atoms with E-state index in [2.05, 4.69) is 28.9 Å². The van der Waals surface area contributed by atoms with Crippen LogP contribution >= 0.6 is 0 Å². The molecule has 15 heavy (non-hydrogen) atoms. The van der Waals surface area contributed by atoms with Crippen molar-refractivity contribution in [2.45, 2.75) is 19.4 Å². The van der Waals surface area contributed by atoms with E-state index in [0.29, 0.717) is 12.0 Å². The first kappa shape index (κ1) is 10.6. The number of nitrogens with zero attached hydrogens (tertiary/aromatic N) is 2. The molecule has 2 atom stereocenters. The van der Waals surface area contributed by atoms with Gasteiger partial charge in [-0.05, 0) is 44.5 Å². The fraction of sp³-hybridized carbons (Fsp3) is 0.583. The summed E-state index contributed by atoms with van der Waals surface area (Å²) in [7, 11) is 0. The molecule has 1 aromatic heterocycles. The topological polar surface area (TPSA) is 42.2 Å². The van der Waals surface area contributed by atoms with E-state index in [1.807, 2.05) is 12.3 Å². The van der Waals surface area contributed by atoms with E-state index in [1.54, 1.807) is 0 Å². The van der Waals surface area contributed by atoms with Gasteiger partial charge in [0, 0.05) is 18.8 Å². The Morgan fingerprint density at radius 1 is 1.60 bits per heavy atom. The molecule has 0 saturated carbocycles. The zero-order valence-corrected chi connectivity index (χ0v) is 9.26. The average Bonchev–Trinajstić information content (AvgIpc) is 2.78. The summed E-state index contributed by atoms with van der Waals surface area (Å²) in [6, 6.07) is 6.53. The van der Waals surface area contributed by atoms with Crippen LogP contribution in [-0.4, -0.2) is 29.5 Å². The molecule has 1 fully saturated rings. The van der Waals surface area contributed by atoms with Crippen LogP contribution in [0.25, 0.3) is 0 Å². The largest absolute Gasteiger partial charge is 0.330 e. The van der Waals surface area contributed by atoms with Crippen LogP contribution in [0.3, 0.4) is 0 Å². The summed E-state index contributed by atoms with van der Waals surface area (Å²) in [4.78, 5) is 6.87. The lowest BCUT2D eigenvalue weighted by Gasteiger charge is -2.23. The highest BCUT2D eigenvalue weighted by atomic mass is 15.2. The van der Waals surface area contributed by atoms with E-state index in [1.165, 1.54) is 6.42 Å². The first-order valence-corrected chi connectivity index (χ1v) is 5.66. The van der Waals surface area contributed by atoms with Crippen LogP contribution in [-0.2, 0) is 0 Å². The summed E-state index contributed by atoms with van der Waals surface area (Å²) in [5.41, 5.74) is 6.85. The fourth-order valence-corrected chi connectivity index (χ4v) is 2.22. The third kappa shape index (κ3) is 2.36. The quantitative estimate of drug-likeness (QED) is 0.811. The summed E-state index contributed by atoms with van der Waals surface area (Å²) in [6.45, 7) is 5.31. The van der Waals surface area contributed by atoms with E-state index in [-0.39, 0.29) is 0 Å². The van der Waals surface area contributed by atoms with E-state index in [4.69, 9.17) is 5.73 Å². The van der Waals surface area contributed by atoms with Crippen LogP contribution in [0.15, 0.2) is 24.4 Å². The Balaban J connectivity index is 2.00. The van der Waals surface area contributed by atoms with Crippen LogP contribution in [0.1, 0.15) is 25.1 Å². The molecule has 1 aliphatic heterocycles. The Morgan fingerprint density at radius 3 is 3.07 bits per heavy atom. The highest BCUT2D eigenvalue weighted by Gasteiger charge is 2.26. The number of rotatable bonds is 3. The molecule has 3 heteroatoms. The molecular formula is C12H19N3. The van der Waals surface area contributed by atoms with Crippen molar-refractivity contribution in [3.8, 4) is 0 Å². The van der Waals surface area contributed by atoms with Gasteiger partial charge in [0.05, 0.1) is 5.69 Å². The minimum Gasteiger partial charge on any atom is -0.330 e. The van der Waals surface area contributed by atoms with Crippen molar-refractivity contribution in [2.24, 2.45) is 11.7 Å². The fourth-order valence-electron chi connectivity index (χ4n) is 2.22. The highest BCUT2D eigenvalue weighted by molar-refractivity contribution is 5.08. The molecule has 82 valence electrons. The lowest BCUT2D eigenvalue weighted by Crippen LogP contribution is -2.26. The highest BCUT2D eigenvalue weighted by Crippen LogP contribution is 2.25. The van der Waals surface area contributed by atoms with Crippen molar-refractivity contribution in [3.63, 3.8) is 0 Å². The lowest BCUT2D eigenvalue weighted by atomic mass is 10.1. The zero-order valence-electron chi connectivity index (χ0n) is 9.26. The van der Waals surface area contributed by atoms with Crippen LogP contribution in [0, 0.1) is 5.92 Å². The Morgan fingerprint density at radius 2 is 2.47 bits per heavy atom. The Bertz CT molecular complexity index is 299. The molecule has 3 nitrogen and oxygen atoms in total. The molecule has 0 bridgehead atoms. The molecule has 0 amide bonds. The van der Waals surface area contributed by atoms with Gasteiger partial charge in [0.1, 0.15) is 0 Å². The maximum atomic E-state index is 5.69. The predicted molar refractivity (Wildman–Crippen MR) is 61.4 cm³/mol. The Hall–Kier alpha value is -0.930. The van der Waals surface area contributed by atoms with Gasteiger partial charge in [0.15, 0.2) is 0 Å². The van der Waals surface area contributed by atoms with E-state index in [0.717, 1.165) is 25.3 Å². The molecule has 1 aliphatic rings. The molecule has 1 aromatic rings. The van der Waals surface area contributed by atoms with Crippen LogP contribution in [0.5, 0.6) is 0 Å². The van der Waals surface area contributed by atoms with Gasteiger partial charge < -0.3 is 5.73 Å². The van der Waals surface area contributed by atoms with Crippen LogP contribution in [0.2, 0.25) is 0 Å². The molecule has 0 spiro atoms. The number of aromatic nitrogens is 1. The Kier molecular flexibility index (Phi) is 3.34. The second kappa shape index (κ2) is 4.73. The molecule has 0 radical (unpaired) electrons. The minimum atomic E-state index is 0.419. The van der Waals surface area contributed by atoms with Crippen molar-refractivity contribution < 1.29 is 0 Å².